The van der Waals surface area contributed by atoms with Crippen molar-refractivity contribution >= 4 is 5.69 Å². The van der Waals surface area contributed by atoms with E-state index in [1.54, 1.807) is 6.20 Å². The fourth-order valence-electron chi connectivity index (χ4n) is 2.82. The molecule has 0 radical (unpaired) electrons. The molecule has 106 valence electrons. The van der Waals surface area contributed by atoms with Gasteiger partial charge in [-0.25, -0.2) is 0 Å². The van der Waals surface area contributed by atoms with E-state index in [-0.39, 0.29) is 0 Å². The van der Waals surface area contributed by atoms with Crippen molar-refractivity contribution in [2.75, 3.05) is 33.1 Å². The maximum atomic E-state index is 5.42. The lowest BCUT2D eigenvalue weighted by molar-refractivity contribution is 0.0256. The monoisotopic (exact) mass is 263 g/mol. The lowest BCUT2D eigenvalue weighted by Gasteiger charge is -2.49. The number of aromatic nitrogens is 1. The average Bonchev–Trinajstić information content (AvgIpc) is 2.33. The summed E-state index contributed by atoms with van der Waals surface area (Å²) in [6, 6.07) is 3.87. The van der Waals surface area contributed by atoms with E-state index >= 15 is 0 Å². The van der Waals surface area contributed by atoms with Gasteiger partial charge in [-0.2, -0.15) is 0 Å². The summed E-state index contributed by atoms with van der Waals surface area (Å²) < 4.78 is 0. The molecule has 1 aromatic heterocycles. The van der Waals surface area contributed by atoms with Gasteiger partial charge < -0.3 is 10.3 Å². The number of nitrogens with two attached hydrogens (primary N) is 1. The fraction of sp³-hybridized carbons (Fsp3) is 0.643. The molecule has 0 bridgehead atoms. The molecule has 2 rings (SSSR count). The summed E-state index contributed by atoms with van der Waals surface area (Å²) >= 11 is 0. The molecule has 1 aromatic rings. The molecule has 0 aliphatic heterocycles. The minimum atomic E-state index is 0.360. The maximum Gasteiger partial charge on any atom is 0.0564 e. The van der Waals surface area contributed by atoms with Crippen molar-refractivity contribution in [3.8, 4) is 0 Å². The Morgan fingerprint density at radius 3 is 2.63 bits per heavy atom. The summed E-state index contributed by atoms with van der Waals surface area (Å²) in [4.78, 5) is 9.12. The van der Waals surface area contributed by atoms with Crippen LogP contribution < -0.4 is 11.3 Å². The second-order valence-electron chi connectivity index (χ2n) is 5.82. The normalized spacial score (nSPS) is 17.6. The number of likely N-dealkylation sites (N-methyl/N-ethyl adjacent to an activating group) is 2. The molecule has 0 unspecified atom stereocenters. The van der Waals surface area contributed by atoms with E-state index in [0.717, 1.165) is 24.5 Å². The zero-order chi connectivity index (χ0) is 13.9. The molecule has 1 fully saturated rings. The van der Waals surface area contributed by atoms with Crippen molar-refractivity contribution in [3.63, 3.8) is 0 Å². The van der Waals surface area contributed by atoms with Crippen LogP contribution in [0.3, 0.4) is 0 Å². The number of nitrogens with zero attached hydrogens (tertiary/aromatic N) is 3. The predicted octanol–water partition coefficient (Wildman–Crippen LogP) is 1.28. The number of anilines is 1. The number of nitrogen functional groups attached to an aromatic ring is 1. The molecule has 19 heavy (non-hydrogen) atoms. The van der Waals surface area contributed by atoms with E-state index in [9.17, 15) is 0 Å². The Morgan fingerprint density at radius 1 is 1.37 bits per heavy atom. The van der Waals surface area contributed by atoms with Gasteiger partial charge in [0, 0.05) is 24.8 Å². The fourth-order valence-corrected chi connectivity index (χ4v) is 2.82. The quantitative estimate of drug-likeness (QED) is 0.598. The molecule has 0 atom stereocenters. The van der Waals surface area contributed by atoms with Gasteiger partial charge >= 0.3 is 0 Å². The van der Waals surface area contributed by atoms with Gasteiger partial charge in [-0.05, 0) is 52.5 Å². The summed E-state index contributed by atoms with van der Waals surface area (Å²) in [5.74, 6) is 5.42. The molecule has 0 saturated heterocycles. The minimum absolute atomic E-state index is 0.360. The van der Waals surface area contributed by atoms with Gasteiger partial charge in [0.05, 0.1) is 11.4 Å². The lowest BCUT2D eigenvalue weighted by Crippen LogP contribution is -2.56. The first-order chi connectivity index (χ1) is 9.05. The van der Waals surface area contributed by atoms with Crippen molar-refractivity contribution < 1.29 is 0 Å². The Hall–Kier alpha value is -1.17. The highest BCUT2D eigenvalue weighted by Crippen LogP contribution is 2.36. The molecule has 1 aliphatic carbocycles. The number of pyridine rings is 1. The van der Waals surface area contributed by atoms with E-state index in [2.05, 4.69) is 41.4 Å². The predicted molar refractivity (Wildman–Crippen MR) is 78.7 cm³/mol. The number of hydrogen-bond acceptors (Lipinski definition) is 5. The lowest BCUT2D eigenvalue weighted by atomic mass is 9.75. The maximum absolute atomic E-state index is 5.42. The number of hydrazine groups is 1. The highest BCUT2D eigenvalue weighted by atomic mass is 15.2. The summed E-state index contributed by atoms with van der Waals surface area (Å²) in [5.41, 5.74) is 4.98. The van der Waals surface area contributed by atoms with Crippen LogP contribution in [0.1, 0.15) is 25.0 Å². The van der Waals surface area contributed by atoms with Crippen LogP contribution in [0.4, 0.5) is 5.69 Å². The van der Waals surface area contributed by atoms with Gasteiger partial charge in [0.1, 0.15) is 0 Å². The van der Waals surface area contributed by atoms with Crippen molar-refractivity contribution in [2.24, 2.45) is 5.84 Å². The molecule has 0 amide bonds. The largest absolute Gasteiger partial charge is 0.324 e. The van der Waals surface area contributed by atoms with Gasteiger partial charge in [0.15, 0.2) is 0 Å². The van der Waals surface area contributed by atoms with Crippen LogP contribution in [0, 0.1) is 0 Å². The number of hydrogen-bond donors (Lipinski definition) is 2. The molecule has 1 heterocycles. The molecule has 5 nitrogen and oxygen atoms in total. The van der Waals surface area contributed by atoms with Crippen molar-refractivity contribution in [2.45, 2.75) is 31.3 Å². The van der Waals surface area contributed by atoms with Crippen LogP contribution in [0.25, 0.3) is 0 Å². The topological polar surface area (TPSA) is 57.4 Å². The molecule has 1 saturated carbocycles. The van der Waals surface area contributed by atoms with Gasteiger partial charge in [-0.1, -0.05) is 0 Å². The van der Waals surface area contributed by atoms with Crippen LogP contribution in [0.5, 0.6) is 0 Å². The smallest absolute Gasteiger partial charge is 0.0564 e. The Bertz CT molecular complexity index is 414. The van der Waals surface area contributed by atoms with Gasteiger partial charge in [-0.3, -0.25) is 15.7 Å². The number of nitrogens with one attached hydrogen (secondary N) is 1. The number of rotatable bonds is 6. The van der Waals surface area contributed by atoms with Crippen molar-refractivity contribution in [1.29, 1.82) is 0 Å². The van der Waals surface area contributed by atoms with Crippen LogP contribution >= 0.6 is 0 Å². The molecule has 5 heteroatoms. The molecule has 1 aliphatic rings. The van der Waals surface area contributed by atoms with E-state index in [0.29, 0.717) is 5.54 Å². The van der Waals surface area contributed by atoms with Crippen LogP contribution in [-0.4, -0.2) is 48.0 Å². The van der Waals surface area contributed by atoms with E-state index in [4.69, 9.17) is 5.84 Å². The van der Waals surface area contributed by atoms with Crippen LogP contribution in [-0.2, 0) is 6.54 Å². The summed E-state index contributed by atoms with van der Waals surface area (Å²) in [5, 5.41) is 0. The highest BCUT2D eigenvalue weighted by Gasteiger charge is 2.39. The van der Waals surface area contributed by atoms with E-state index < -0.39 is 0 Å². The SMILES string of the molecule is CN(Cc1cc(NN)ccn1)CC1(N(C)C)CCC1. The standard InChI is InChI=1S/C14H25N5/c1-18(2)14(6-4-7-14)11-19(3)10-13-9-12(17-15)5-8-16-13/h5,8-9H,4,6-7,10-11,15H2,1-3H3,(H,16,17). The first kappa shape index (κ1) is 14.2. The molecule has 0 spiro atoms. The van der Waals surface area contributed by atoms with Gasteiger partial charge in [0.25, 0.3) is 0 Å². The van der Waals surface area contributed by atoms with Gasteiger partial charge in [0.2, 0.25) is 0 Å². The highest BCUT2D eigenvalue weighted by molar-refractivity contribution is 5.41. The second kappa shape index (κ2) is 5.86. The first-order valence-electron chi connectivity index (χ1n) is 6.83. The van der Waals surface area contributed by atoms with Crippen LogP contribution in [0.2, 0.25) is 0 Å². The van der Waals surface area contributed by atoms with E-state index in [1.165, 1.54) is 19.3 Å². The Balaban J connectivity index is 1.95. The first-order valence-corrected chi connectivity index (χ1v) is 6.83. The summed E-state index contributed by atoms with van der Waals surface area (Å²) in [6.45, 7) is 1.94. The summed E-state index contributed by atoms with van der Waals surface area (Å²) in [7, 11) is 6.53. The average molecular weight is 263 g/mol. The second-order valence-corrected chi connectivity index (χ2v) is 5.82. The van der Waals surface area contributed by atoms with E-state index in [1.807, 2.05) is 12.1 Å². The zero-order valence-electron chi connectivity index (χ0n) is 12.2. The zero-order valence-corrected chi connectivity index (χ0v) is 12.2. The molecule has 0 aromatic carbocycles. The minimum Gasteiger partial charge on any atom is -0.324 e. The molecular formula is C14H25N5. The van der Waals surface area contributed by atoms with Gasteiger partial charge in [-0.15, -0.1) is 0 Å². The van der Waals surface area contributed by atoms with Crippen LogP contribution in [0.15, 0.2) is 18.3 Å². The summed E-state index contributed by atoms with van der Waals surface area (Å²) in [6.07, 6.45) is 5.73. The Labute approximate surface area is 115 Å². The van der Waals surface area contributed by atoms with Crippen molar-refractivity contribution in [3.05, 3.63) is 24.0 Å². The molecule has 3 N–H and O–H groups in total. The Kier molecular flexibility index (Phi) is 4.39. The molecular weight excluding hydrogens is 238 g/mol. The van der Waals surface area contributed by atoms with Crippen molar-refractivity contribution in [1.82, 2.24) is 14.8 Å². The Morgan fingerprint density at radius 2 is 2.11 bits per heavy atom. The third-order valence-corrected chi connectivity index (χ3v) is 4.21. The third-order valence-electron chi connectivity index (χ3n) is 4.21. The third kappa shape index (κ3) is 3.23.